The number of allylic oxidation sites excluding steroid dienone is 2. The highest BCUT2D eigenvalue weighted by molar-refractivity contribution is 6.11. The van der Waals surface area contributed by atoms with E-state index in [1.54, 1.807) is 6.20 Å². The number of hydrogen-bond donors (Lipinski definition) is 1. The standard InChI is InChI=1S/C20H25N3O2/c1-5-21-18-8-10-23(4)20(18)15(3)22-17-7-6-14(2)12-19(17)25-16-9-11-24-13-16/h5-8,10,12,16,22H,1,9,11,13H2,2-4H3/b20-15-,21-18-. The third kappa shape index (κ3) is 3.94. The first-order valence-corrected chi connectivity index (χ1v) is 8.51. The fourth-order valence-corrected chi connectivity index (χ4v) is 3.05. The Labute approximate surface area is 149 Å². The fourth-order valence-electron chi connectivity index (χ4n) is 3.05. The smallest absolute Gasteiger partial charge is 0.143 e. The average molecular weight is 339 g/mol. The number of benzene rings is 1. The van der Waals surface area contributed by atoms with Crippen molar-refractivity contribution in [2.24, 2.45) is 4.99 Å². The summed E-state index contributed by atoms with van der Waals surface area (Å²) in [5, 5.41) is 3.49. The van der Waals surface area contributed by atoms with Crippen LogP contribution in [0, 0.1) is 6.92 Å². The van der Waals surface area contributed by atoms with Crippen LogP contribution in [-0.4, -0.2) is 37.0 Å². The van der Waals surface area contributed by atoms with E-state index in [0.717, 1.165) is 41.6 Å². The molecule has 1 aromatic rings. The van der Waals surface area contributed by atoms with Gasteiger partial charge in [-0.15, -0.1) is 0 Å². The van der Waals surface area contributed by atoms with E-state index in [1.807, 2.05) is 31.1 Å². The van der Waals surface area contributed by atoms with E-state index in [9.17, 15) is 0 Å². The van der Waals surface area contributed by atoms with Crippen molar-refractivity contribution in [3.05, 3.63) is 60.2 Å². The van der Waals surface area contributed by atoms with Gasteiger partial charge in [-0.05, 0) is 37.6 Å². The van der Waals surface area contributed by atoms with Crippen LogP contribution in [0.5, 0.6) is 5.75 Å². The summed E-state index contributed by atoms with van der Waals surface area (Å²) < 4.78 is 11.6. The molecule has 3 rings (SSSR count). The van der Waals surface area contributed by atoms with E-state index in [2.05, 4.69) is 42.0 Å². The van der Waals surface area contributed by atoms with Gasteiger partial charge in [0.1, 0.15) is 11.9 Å². The molecular weight excluding hydrogens is 314 g/mol. The van der Waals surface area contributed by atoms with Crippen LogP contribution >= 0.6 is 0 Å². The molecule has 0 radical (unpaired) electrons. The lowest BCUT2D eigenvalue weighted by molar-refractivity contribution is 0.142. The van der Waals surface area contributed by atoms with Crippen LogP contribution in [0.2, 0.25) is 0 Å². The van der Waals surface area contributed by atoms with Crippen molar-refractivity contribution in [2.75, 3.05) is 25.6 Å². The monoisotopic (exact) mass is 339 g/mol. The number of hydrogen-bond acceptors (Lipinski definition) is 5. The third-order valence-electron chi connectivity index (χ3n) is 4.28. The number of aliphatic imine (C=N–C) groups is 1. The molecule has 0 saturated carbocycles. The molecule has 5 nitrogen and oxygen atoms in total. The van der Waals surface area contributed by atoms with Crippen LogP contribution in [-0.2, 0) is 4.74 Å². The van der Waals surface area contributed by atoms with Crippen molar-refractivity contribution < 1.29 is 9.47 Å². The first kappa shape index (κ1) is 17.3. The normalized spacial score (nSPS) is 23.2. The van der Waals surface area contributed by atoms with Crippen molar-refractivity contribution in [1.29, 1.82) is 0 Å². The van der Waals surface area contributed by atoms with Crippen LogP contribution in [0.3, 0.4) is 0 Å². The molecule has 0 bridgehead atoms. The topological polar surface area (TPSA) is 46.1 Å². The second-order valence-corrected chi connectivity index (χ2v) is 6.33. The molecule has 2 heterocycles. The minimum atomic E-state index is 0.115. The van der Waals surface area contributed by atoms with Gasteiger partial charge in [0, 0.05) is 31.6 Å². The lowest BCUT2D eigenvalue weighted by Crippen LogP contribution is -2.18. The van der Waals surface area contributed by atoms with Crippen LogP contribution in [0.4, 0.5) is 5.69 Å². The van der Waals surface area contributed by atoms with Crippen LogP contribution in [0.25, 0.3) is 0 Å². The highest BCUT2D eigenvalue weighted by atomic mass is 16.5. The van der Waals surface area contributed by atoms with Crippen LogP contribution in [0.1, 0.15) is 18.9 Å². The maximum Gasteiger partial charge on any atom is 0.143 e. The molecule has 0 aromatic heterocycles. The van der Waals surface area contributed by atoms with Crippen molar-refractivity contribution in [1.82, 2.24) is 4.90 Å². The Bertz CT molecular complexity index is 743. The highest BCUT2D eigenvalue weighted by Gasteiger charge is 2.21. The van der Waals surface area contributed by atoms with Gasteiger partial charge in [0.2, 0.25) is 0 Å². The summed E-state index contributed by atoms with van der Waals surface area (Å²) in [6, 6.07) is 6.19. The van der Waals surface area contributed by atoms with Crippen molar-refractivity contribution in [3.8, 4) is 5.75 Å². The molecule has 1 saturated heterocycles. The molecule has 1 N–H and O–H groups in total. The second kappa shape index (κ2) is 7.57. The molecule has 1 fully saturated rings. The number of rotatable bonds is 5. The zero-order valence-electron chi connectivity index (χ0n) is 15.1. The minimum Gasteiger partial charge on any atom is -0.486 e. The number of nitrogens with zero attached hydrogens (tertiary/aromatic N) is 2. The van der Waals surface area contributed by atoms with Gasteiger partial charge in [0.15, 0.2) is 0 Å². The fraction of sp³-hybridized carbons (Fsp3) is 0.350. The van der Waals surface area contributed by atoms with Gasteiger partial charge in [-0.1, -0.05) is 12.6 Å². The van der Waals surface area contributed by atoms with E-state index in [0.29, 0.717) is 6.61 Å². The lowest BCUT2D eigenvalue weighted by Gasteiger charge is -2.20. The number of anilines is 1. The Balaban J connectivity index is 1.87. The molecule has 1 aromatic carbocycles. The minimum absolute atomic E-state index is 0.115. The predicted octanol–water partition coefficient (Wildman–Crippen LogP) is 3.85. The molecule has 25 heavy (non-hydrogen) atoms. The van der Waals surface area contributed by atoms with E-state index in [1.165, 1.54) is 5.56 Å². The molecule has 1 unspecified atom stereocenters. The Morgan fingerprint density at radius 2 is 2.32 bits per heavy atom. The van der Waals surface area contributed by atoms with Gasteiger partial charge < -0.3 is 19.7 Å². The second-order valence-electron chi connectivity index (χ2n) is 6.33. The van der Waals surface area contributed by atoms with E-state index in [4.69, 9.17) is 9.47 Å². The van der Waals surface area contributed by atoms with Crippen LogP contribution in [0.15, 0.2) is 59.6 Å². The van der Waals surface area contributed by atoms with Crippen molar-refractivity contribution in [3.63, 3.8) is 0 Å². The molecule has 5 heteroatoms. The molecule has 1 atom stereocenters. The molecule has 0 aliphatic carbocycles. The molecule has 0 amide bonds. The lowest BCUT2D eigenvalue weighted by atomic mass is 10.2. The van der Waals surface area contributed by atoms with Gasteiger partial charge in [0.25, 0.3) is 0 Å². The summed E-state index contributed by atoms with van der Waals surface area (Å²) >= 11 is 0. The number of nitrogens with one attached hydrogen (secondary N) is 1. The quantitative estimate of drug-likeness (QED) is 0.885. The first-order chi connectivity index (χ1) is 12.1. The van der Waals surface area contributed by atoms with Crippen molar-refractivity contribution >= 4 is 11.4 Å². The maximum atomic E-state index is 6.17. The third-order valence-corrected chi connectivity index (χ3v) is 4.28. The van der Waals surface area contributed by atoms with Gasteiger partial charge in [-0.2, -0.15) is 0 Å². The number of ether oxygens (including phenoxy) is 2. The first-order valence-electron chi connectivity index (χ1n) is 8.51. The summed E-state index contributed by atoms with van der Waals surface area (Å²) in [5.74, 6) is 0.853. The zero-order chi connectivity index (χ0) is 17.8. The largest absolute Gasteiger partial charge is 0.486 e. The van der Waals surface area contributed by atoms with E-state index in [-0.39, 0.29) is 6.10 Å². The Hall–Kier alpha value is -2.53. The van der Waals surface area contributed by atoms with Crippen molar-refractivity contribution in [2.45, 2.75) is 26.4 Å². The Morgan fingerprint density at radius 3 is 3.04 bits per heavy atom. The van der Waals surface area contributed by atoms with E-state index >= 15 is 0 Å². The van der Waals surface area contributed by atoms with Crippen LogP contribution < -0.4 is 10.1 Å². The van der Waals surface area contributed by atoms with E-state index < -0.39 is 0 Å². The number of aryl methyl sites for hydroxylation is 1. The molecule has 2 aliphatic heterocycles. The summed E-state index contributed by atoms with van der Waals surface area (Å²) in [5.41, 5.74) is 5.03. The Kier molecular flexibility index (Phi) is 5.24. The zero-order valence-corrected chi connectivity index (χ0v) is 15.1. The molecule has 132 valence electrons. The SMILES string of the molecule is C=C/N=C1/C=CN(C)/C1=C(/C)Nc1ccc(C)cc1OC1CCOC1. The van der Waals surface area contributed by atoms with Gasteiger partial charge in [0.05, 0.1) is 30.3 Å². The maximum absolute atomic E-state index is 6.17. The molecular formula is C20H25N3O2. The highest BCUT2D eigenvalue weighted by Crippen LogP contribution is 2.30. The summed E-state index contributed by atoms with van der Waals surface area (Å²) in [4.78, 5) is 6.39. The summed E-state index contributed by atoms with van der Waals surface area (Å²) in [6.45, 7) is 9.21. The molecule has 2 aliphatic rings. The van der Waals surface area contributed by atoms with Gasteiger partial charge >= 0.3 is 0 Å². The Morgan fingerprint density at radius 1 is 1.48 bits per heavy atom. The summed E-state index contributed by atoms with van der Waals surface area (Å²) in [6.07, 6.45) is 6.57. The predicted molar refractivity (Wildman–Crippen MR) is 102 cm³/mol. The van der Waals surface area contributed by atoms with Gasteiger partial charge in [-0.25, -0.2) is 0 Å². The molecule has 0 spiro atoms. The summed E-state index contributed by atoms with van der Waals surface area (Å²) in [7, 11) is 2.01. The average Bonchev–Trinajstić information content (AvgIpc) is 3.20. The van der Waals surface area contributed by atoms with Gasteiger partial charge in [-0.3, -0.25) is 4.99 Å².